The Labute approximate surface area is 195 Å². The van der Waals surface area contributed by atoms with Gasteiger partial charge in [-0.05, 0) is 23.8 Å². The molecule has 3 aromatic rings. The first-order valence-corrected chi connectivity index (χ1v) is 11.4. The van der Waals surface area contributed by atoms with Crippen LogP contribution < -0.4 is 14.8 Å². The fraction of sp³-hybridized carbons (Fsp3) is 0.250. The third kappa shape index (κ3) is 5.38. The van der Waals surface area contributed by atoms with Crippen LogP contribution in [0.2, 0.25) is 0 Å². The molecule has 1 aromatic heterocycles. The van der Waals surface area contributed by atoms with E-state index in [0.29, 0.717) is 35.3 Å². The molecule has 0 atom stereocenters. The van der Waals surface area contributed by atoms with Gasteiger partial charge in [-0.25, -0.2) is 9.99 Å². The number of benzene rings is 2. The zero-order chi connectivity index (χ0) is 23.2. The number of aromatic nitrogens is 1. The van der Waals surface area contributed by atoms with Gasteiger partial charge in [0, 0.05) is 30.2 Å². The van der Waals surface area contributed by atoms with Crippen LogP contribution in [-0.4, -0.2) is 48.3 Å². The highest BCUT2D eigenvalue weighted by atomic mass is 32.1. The fourth-order valence-electron chi connectivity index (χ4n) is 3.47. The first-order chi connectivity index (χ1) is 16.1. The number of carbonyl (C=O) groups is 2. The quantitative estimate of drug-likeness (QED) is 0.540. The molecule has 0 saturated carbocycles. The van der Waals surface area contributed by atoms with E-state index >= 15 is 0 Å². The SMILES string of the molecule is COc1ccc(OC)c(-c2csc(NC(=O)CCC(=O)N3CCC(c4ccccc4)=N3)n2)c1. The van der Waals surface area contributed by atoms with Gasteiger partial charge >= 0.3 is 0 Å². The summed E-state index contributed by atoms with van der Waals surface area (Å²) in [5.74, 6) is 0.902. The minimum Gasteiger partial charge on any atom is -0.497 e. The van der Waals surface area contributed by atoms with E-state index in [0.717, 1.165) is 16.8 Å². The Kier molecular flexibility index (Phi) is 6.99. The van der Waals surface area contributed by atoms with E-state index in [-0.39, 0.29) is 24.7 Å². The summed E-state index contributed by atoms with van der Waals surface area (Å²) in [7, 11) is 3.18. The number of nitrogens with zero attached hydrogens (tertiary/aromatic N) is 3. The minimum absolute atomic E-state index is 0.0585. The number of hydrogen-bond acceptors (Lipinski definition) is 7. The maximum absolute atomic E-state index is 12.5. The number of hydrazone groups is 1. The predicted molar refractivity (Wildman–Crippen MR) is 128 cm³/mol. The Balaban J connectivity index is 1.33. The summed E-state index contributed by atoms with van der Waals surface area (Å²) in [5, 5.41) is 10.9. The van der Waals surface area contributed by atoms with Crippen molar-refractivity contribution >= 4 is 34.0 Å². The van der Waals surface area contributed by atoms with Gasteiger partial charge in [0.05, 0.1) is 32.2 Å². The standard InChI is InChI=1S/C24H24N4O4S/c1-31-17-8-9-21(32-2)18(14-17)20-15-33-24(25-20)26-22(29)10-11-23(30)28-13-12-19(27-28)16-6-4-3-5-7-16/h3-9,14-15H,10-13H2,1-2H3,(H,25,26,29). The van der Waals surface area contributed by atoms with E-state index in [1.54, 1.807) is 20.3 Å². The average molecular weight is 465 g/mol. The van der Waals surface area contributed by atoms with Gasteiger partial charge in [-0.1, -0.05) is 30.3 Å². The molecule has 2 aromatic carbocycles. The largest absolute Gasteiger partial charge is 0.497 e. The van der Waals surface area contributed by atoms with Gasteiger partial charge in [0.1, 0.15) is 11.5 Å². The summed E-state index contributed by atoms with van der Waals surface area (Å²) in [6.07, 6.45) is 0.847. The second-order valence-corrected chi connectivity index (χ2v) is 8.19. The monoisotopic (exact) mass is 464 g/mol. The molecular weight excluding hydrogens is 440 g/mol. The maximum atomic E-state index is 12.5. The Bertz CT molecular complexity index is 1180. The normalized spacial score (nSPS) is 12.9. The molecule has 170 valence electrons. The summed E-state index contributed by atoms with van der Waals surface area (Å²) in [4.78, 5) is 29.4. The predicted octanol–water partition coefficient (Wildman–Crippen LogP) is 4.18. The van der Waals surface area contributed by atoms with Gasteiger partial charge in [0.25, 0.3) is 0 Å². The number of amides is 2. The van der Waals surface area contributed by atoms with Gasteiger partial charge in [-0.15, -0.1) is 11.3 Å². The summed E-state index contributed by atoms with van der Waals surface area (Å²) in [6, 6.07) is 15.2. The number of anilines is 1. The van der Waals surface area contributed by atoms with Crippen molar-refractivity contribution in [2.24, 2.45) is 5.10 Å². The van der Waals surface area contributed by atoms with Crippen molar-refractivity contribution in [2.45, 2.75) is 19.3 Å². The zero-order valence-corrected chi connectivity index (χ0v) is 19.2. The summed E-state index contributed by atoms with van der Waals surface area (Å²) < 4.78 is 10.7. The molecule has 4 rings (SSSR count). The lowest BCUT2D eigenvalue weighted by atomic mass is 10.1. The molecule has 1 aliphatic heterocycles. The summed E-state index contributed by atoms with van der Waals surface area (Å²) in [5.41, 5.74) is 3.33. The van der Waals surface area contributed by atoms with Crippen molar-refractivity contribution < 1.29 is 19.1 Å². The molecule has 0 aliphatic carbocycles. The van der Waals surface area contributed by atoms with Gasteiger partial charge in [0.2, 0.25) is 11.8 Å². The topological polar surface area (TPSA) is 93.1 Å². The molecule has 8 nitrogen and oxygen atoms in total. The molecule has 0 fully saturated rings. The van der Waals surface area contributed by atoms with E-state index < -0.39 is 0 Å². The van der Waals surface area contributed by atoms with Crippen molar-refractivity contribution in [3.63, 3.8) is 0 Å². The molecule has 2 heterocycles. The first kappa shape index (κ1) is 22.5. The second-order valence-electron chi connectivity index (χ2n) is 7.33. The molecule has 0 saturated heterocycles. The lowest BCUT2D eigenvalue weighted by molar-refractivity contribution is -0.132. The lowest BCUT2D eigenvalue weighted by Crippen LogP contribution is -2.24. The maximum Gasteiger partial charge on any atom is 0.243 e. The molecule has 2 amide bonds. The van der Waals surface area contributed by atoms with E-state index in [1.807, 2.05) is 47.8 Å². The number of rotatable bonds is 8. The molecule has 1 aliphatic rings. The highest BCUT2D eigenvalue weighted by Crippen LogP contribution is 2.35. The first-order valence-electron chi connectivity index (χ1n) is 10.5. The van der Waals surface area contributed by atoms with Gasteiger partial charge in [-0.3, -0.25) is 9.59 Å². The molecule has 33 heavy (non-hydrogen) atoms. The van der Waals surface area contributed by atoms with Crippen LogP contribution in [0.5, 0.6) is 11.5 Å². The highest BCUT2D eigenvalue weighted by Gasteiger charge is 2.22. The fourth-order valence-corrected chi connectivity index (χ4v) is 4.20. The Morgan fingerprint density at radius 1 is 1.09 bits per heavy atom. The Morgan fingerprint density at radius 3 is 2.67 bits per heavy atom. The average Bonchev–Trinajstić information content (AvgIpc) is 3.53. The summed E-state index contributed by atoms with van der Waals surface area (Å²) in [6.45, 7) is 0.531. The third-order valence-electron chi connectivity index (χ3n) is 5.20. The zero-order valence-electron chi connectivity index (χ0n) is 18.4. The number of methoxy groups -OCH3 is 2. The van der Waals surface area contributed by atoms with Crippen molar-refractivity contribution in [2.75, 3.05) is 26.1 Å². The number of nitrogens with one attached hydrogen (secondary N) is 1. The Morgan fingerprint density at radius 2 is 1.91 bits per heavy atom. The smallest absolute Gasteiger partial charge is 0.243 e. The summed E-state index contributed by atoms with van der Waals surface area (Å²) >= 11 is 1.31. The van der Waals surface area contributed by atoms with Crippen molar-refractivity contribution in [1.29, 1.82) is 0 Å². The molecule has 9 heteroatoms. The van der Waals surface area contributed by atoms with E-state index in [2.05, 4.69) is 15.4 Å². The number of ether oxygens (including phenoxy) is 2. The third-order valence-corrected chi connectivity index (χ3v) is 5.95. The number of thiazole rings is 1. The van der Waals surface area contributed by atoms with Gasteiger partial charge in [-0.2, -0.15) is 5.10 Å². The lowest BCUT2D eigenvalue weighted by Gasteiger charge is -2.10. The van der Waals surface area contributed by atoms with Crippen LogP contribution in [0, 0.1) is 0 Å². The van der Waals surface area contributed by atoms with Crippen molar-refractivity contribution in [3.05, 3.63) is 59.5 Å². The van der Waals surface area contributed by atoms with Crippen LogP contribution in [0.15, 0.2) is 59.0 Å². The number of hydrogen-bond donors (Lipinski definition) is 1. The molecule has 0 spiro atoms. The second kappa shape index (κ2) is 10.3. The van der Waals surface area contributed by atoms with Crippen LogP contribution in [0.3, 0.4) is 0 Å². The van der Waals surface area contributed by atoms with Crippen LogP contribution >= 0.6 is 11.3 Å². The van der Waals surface area contributed by atoms with Crippen LogP contribution in [0.25, 0.3) is 11.3 Å². The van der Waals surface area contributed by atoms with E-state index in [9.17, 15) is 9.59 Å². The van der Waals surface area contributed by atoms with Crippen molar-refractivity contribution in [3.8, 4) is 22.8 Å². The van der Waals surface area contributed by atoms with E-state index in [1.165, 1.54) is 16.3 Å². The molecule has 0 radical (unpaired) electrons. The molecule has 1 N–H and O–H groups in total. The van der Waals surface area contributed by atoms with Crippen LogP contribution in [0.4, 0.5) is 5.13 Å². The van der Waals surface area contributed by atoms with Crippen LogP contribution in [-0.2, 0) is 9.59 Å². The molecular formula is C24H24N4O4S. The van der Waals surface area contributed by atoms with Gasteiger partial charge in [0.15, 0.2) is 5.13 Å². The van der Waals surface area contributed by atoms with Crippen LogP contribution in [0.1, 0.15) is 24.8 Å². The molecule has 0 unspecified atom stereocenters. The number of carbonyl (C=O) groups excluding carboxylic acids is 2. The highest BCUT2D eigenvalue weighted by molar-refractivity contribution is 7.14. The molecule has 0 bridgehead atoms. The van der Waals surface area contributed by atoms with Gasteiger partial charge < -0.3 is 14.8 Å². The van der Waals surface area contributed by atoms with E-state index in [4.69, 9.17) is 9.47 Å². The van der Waals surface area contributed by atoms with Crippen molar-refractivity contribution in [1.82, 2.24) is 9.99 Å². The minimum atomic E-state index is -0.270. The Hall–Kier alpha value is -3.72.